The highest BCUT2D eigenvalue weighted by atomic mass is 16.3. The van der Waals surface area contributed by atoms with Crippen LogP contribution in [0.2, 0.25) is 0 Å². The minimum Gasteiger partial charge on any atom is -0.507 e. The zero-order valence-corrected chi connectivity index (χ0v) is 9.30. The van der Waals surface area contributed by atoms with Crippen LogP contribution in [0.4, 0.5) is 0 Å². The second kappa shape index (κ2) is 3.95. The summed E-state index contributed by atoms with van der Waals surface area (Å²) in [5.74, 6) is 0.335. The van der Waals surface area contributed by atoms with Gasteiger partial charge in [-0.2, -0.15) is 0 Å². The molecule has 0 heterocycles. The van der Waals surface area contributed by atoms with Crippen LogP contribution < -0.4 is 0 Å². The van der Waals surface area contributed by atoms with Crippen molar-refractivity contribution in [2.24, 2.45) is 0 Å². The Balaban J connectivity index is 2.38. The highest BCUT2D eigenvalue weighted by molar-refractivity contribution is 6.00. The van der Waals surface area contributed by atoms with E-state index in [4.69, 9.17) is 0 Å². The van der Waals surface area contributed by atoms with E-state index < -0.39 is 0 Å². The maximum atomic E-state index is 10.0. The third kappa shape index (κ3) is 1.66. The number of benzene rings is 3. The fourth-order valence-electron chi connectivity index (χ4n) is 2.18. The van der Waals surface area contributed by atoms with Gasteiger partial charge in [0.25, 0.3) is 0 Å². The van der Waals surface area contributed by atoms with E-state index in [2.05, 4.69) is 12.1 Å². The van der Waals surface area contributed by atoms with Gasteiger partial charge < -0.3 is 5.11 Å². The molecule has 0 fully saturated rings. The Labute approximate surface area is 100.0 Å². The predicted molar refractivity (Wildman–Crippen MR) is 71.0 cm³/mol. The lowest BCUT2D eigenvalue weighted by Crippen LogP contribution is -1.81. The Morgan fingerprint density at radius 2 is 1.35 bits per heavy atom. The summed E-state index contributed by atoms with van der Waals surface area (Å²) in [5, 5.41) is 12.0. The maximum Gasteiger partial charge on any atom is 0.124 e. The lowest BCUT2D eigenvalue weighted by atomic mass is 9.98. The molecular weight excluding hydrogens is 208 g/mol. The molecule has 0 saturated heterocycles. The van der Waals surface area contributed by atoms with Gasteiger partial charge in [0.1, 0.15) is 5.75 Å². The van der Waals surface area contributed by atoms with E-state index in [1.807, 2.05) is 48.5 Å². The fourth-order valence-corrected chi connectivity index (χ4v) is 2.18. The van der Waals surface area contributed by atoms with Gasteiger partial charge in [0.05, 0.1) is 0 Å². The number of hydrogen-bond donors (Lipinski definition) is 1. The largest absolute Gasteiger partial charge is 0.507 e. The maximum absolute atomic E-state index is 10.0. The standard InChI is InChI=1S/C16H12O/c17-15-11-5-9-13-8-4-10-14(16(13)15)12-6-2-1-3-7-12/h1-11,17H. The van der Waals surface area contributed by atoms with Gasteiger partial charge in [-0.1, -0.05) is 60.7 Å². The Morgan fingerprint density at radius 1 is 0.647 bits per heavy atom. The van der Waals surface area contributed by atoms with Crippen LogP contribution in [0.25, 0.3) is 21.9 Å². The molecule has 0 spiro atoms. The van der Waals surface area contributed by atoms with Crippen molar-refractivity contribution in [2.75, 3.05) is 0 Å². The second-order valence-corrected chi connectivity index (χ2v) is 4.05. The van der Waals surface area contributed by atoms with Crippen LogP contribution in [0.3, 0.4) is 0 Å². The zero-order chi connectivity index (χ0) is 11.7. The third-order valence-corrected chi connectivity index (χ3v) is 2.97. The molecule has 82 valence electrons. The Hall–Kier alpha value is -2.28. The first-order valence-electron chi connectivity index (χ1n) is 5.62. The molecular formula is C16H12O. The van der Waals surface area contributed by atoms with Crippen LogP contribution in [-0.2, 0) is 0 Å². The molecule has 0 atom stereocenters. The van der Waals surface area contributed by atoms with E-state index in [0.29, 0.717) is 5.75 Å². The Bertz CT molecular complexity index is 651. The van der Waals surface area contributed by atoms with Crippen LogP contribution in [-0.4, -0.2) is 5.11 Å². The van der Waals surface area contributed by atoms with Crippen molar-refractivity contribution in [2.45, 2.75) is 0 Å². The molecule has 3 aromatic rings. The molecule has 0 radical (unpaired) electrons. The van der Waals surface area contributed by atoms with Gasteiger partial charge in [-0.25, -0.2) is 0 Å². The number of phenolic OH excluding ortho intramolecular Hbond substituents is 1. The SMILES string of the molecule is Oc1cccc2cccc(-c3ccccc3)c12. The van der Waals surface area contributed by atoms with Gasteiger partial charge in [0, 0.05) is 5.39 Å². The summed E-state index contributed by atoms with van der Waals surface area (Å²) in [7, 11) is 0. The Morgan fingerprint density at radius 3 is 2.12 bits per heavy atom. The minimum atomic E-state index is 0.335. The molecule has 0 aromatic heterocycles. The lowest BCUT2D eigenvalue weighted by molar-refractivity contribution is 0.482. The number of aromatic hydroxyl groups is 1. The highest BCUT2D eigenvalue weighted by Gasteiger charge is 2.06. The van der Waals surface area contributed by atoms with Gasteiger partial charge in [0.2, 0.25) is 0 Å². The topological polar surface area (TPSA) is 20.2 Å². The average Bonchev–Trinajstić information content (AvgIpc) is 2.39. The highest BCUT2D eigenvalue weighted by Crippen LogP contribution is 2.34. The smallest absolute Gasteiger partial charge is 0.124 e. The zero-order valence-electron chi connectivity index (χ0n) is 9.30. The molecule has 0 amide bonds. The van der Waals surface area contributed by atoms with E-state index in [9.17, 15) is 5.11 Å². The average molecular weight is 220 g/mol. The van der Waals surface area contributed by atoms with Gasteiger partial charge in [-0.15, -0.1) is 0 Å². The van der Waals surface area contributed by atoms with Crippen LogP contribution in [0, 0.1) is 0 Å². The molecule has 0 aliphatic rings. The molecule has 1 N–H and O–H groups in total. The summed E-state index contributed by atoms with van der Waals surface area (Å²) in [6.45, 7) is 0. The molecule has 1 nitrogen and oxygen atoms in total. The van der Waals surface area contributed by atoms with Crippen molar-refractivity contribution < 1.29 is 5.11 Å². The predicted octanol–water partition coefficient (Wildman–Crippen LogP) is 4.21. The fraction of sp³-hybridized carbons (Fsp3) is 0. The van der Waals surface area contributed by atoms with Gasteiger partial charge in [-0.3, -0.25) is 0 Å². The number of fused-ring (bicyclic) bond motifs is 1. The summed E-state index contributed by atoms with van der Waals surface area (Å²) < 4.78 is 0. The summed E-state index contributed by atoms with van der Waals surface area (Å²) >= 11 is 0. The van der Waals surface area contributed by atoms with Gasteiger partial charge in [-0.05, 0) is 22.6 Å². The van der Waals surface area contributed by atoms with Crippen molar-refractivity contribution in [3.63, 3.8) is 0 Å². The summed E-state index contributed by atoms with van der Waals surface area (Å²) in [4.78, 5) is 0. The molecule has 0 bridgehead atoms. The number of hydrogen-bond acceptors (Lipinski definition) is 1. The second-order valence-electron chi connectivity index (χ2n) is 4.05. The van der Waals surface area contributed by atoms with E-state index in [1.165, 1.54) is 0 Å². The van der Waals surface area contributed by atoms with Gasteiger partial charge in [0.15, 0.2) is 0 Å². The first-order chi connectivity index (χ1) is 8.36. The first-order valence-corrected chi connectivity index (χ1v) is 5.62. The van der Waals surface area contributed by atoms with Gasteiger partial charge >= 0.3 is 0 Å². The van der Waals surface area contributed by atoms with Crippen molar-refractivity contribution in [3.05, 3.63) is 66.7 Å². The number of rotatable bonds is 1. The summed E-state index contributed by atoms with van der Waals surface area (Å²) in [6.07, 6.45) is 0. The Kier molecular flexibility index (Phi) is 2.30. The van der Waals surface area contributed by atoms with Crippen LogP contribution in [0.5, 0.6) is 5.75 Å². The minimum absolute atomic E-state index is 0.335. The van der Waals surface area contributed by atoms with E-state index in [-0.39, 0.29) is 0 Å². The molecule has 3 rings (SSSR count). The van der Waals surface area contributed by atoms with E-state index in [0.717, 1.165) is 21.9 Å². The van der Waals surface area contributed by atoms with E-state index in [1.54, 1.807) is 6.07 Å². The normalized spacial score (nSPS) is 10.6. The first kappa shape index (κ1) is 9.91. The van der Waals surface area contributed by atoms with Crippen molar-refractivity contribution in [1.29, 1.82) is 0 Å². The quantitative estimate of drug-likeness (QED) is 0.651. The molecule has 0 unspecified atom stereocenters. The summed E-state index contributed by atoms with van der Waals surface area (Å²) in [5.41, 5.74) is 2.20. The third-order valence-electron chi connectivity index (χ3n) is 2.97. The molecule has 3 aromatic carbocycles. The molecule has 17 heavy (non-hydrogen) atoms. The van der Waals surface area contributed by atoms with Crippen LogP contribution in [0.1, 0.15) is 0 Å². The lowest BCUT2D eigenvalue weighted by Gasteiger charge is -2.08. The molecule has 0 aliphatic carbocycles. The van der Waals surface area contributed by atoms with Crippen molar-refractivity contribution in [3.8, 4) is 16.9 Å². The van der Waals surface area contributed by atoms with Crippen molar-refractivity contribution in [1.82, 2.24) is 0 Å². The molecule has 1 heteroatoms. The van der Waals surface area contributed by atoms with Crippen LogP contribution in [0.15, 0.2) is 66.7 Å². The monoisotopic (exact) mass is 220 g/mol. The van der Waals surface area contributed by atoms with Crippen LogP contribution >= 0.6 is 0 Å². The van der Waals surface area contributed by atoms with E-state index >= 15 is 0 Å². The molecule has 0 aliphatic heterocycles. The number of phenols is 1. The molecule has 0 saturated carbocycles. The van der Waals surface area contributed by atoms with Crippen molar-refractivity contribution >= 4 is 10.8 Å². The summed E-state index contributed by atoms with van der Waals surface area (Å²) in [6, 6.07) is 21.8.